The predicted molar refractivity (Wildman–Crippen MR) is 147 cm³/mol. The fraction of sp³-hybridized carbons (Fsp3) is 0.138. The highest BCUT2D eigenvalue weighted by Gasteiger charge is 2.33. The third kappa shape index (κ3) is 5.03. The van der Waals surface area contributed by atoms with Crippen molar-refractivity contribution in [3.63, 3.8) is 0 Å². The summed E-state index contributed by atoms with van der Waals surface area (Å²) < 4.78 is 13.1. The van der Waals surface area contributed by atoms with Crippen LogP contribution in [0.5, 0.6) is 11.5 Å². The molecule has 0 fully saturated rings. The van der Waals surface area contributed by atoms with Crippen molar-refractivity contribution in [2.45, 2.75) is 17.9 Å². The van der Waals surface area contributed by atoms with Crippen LogP contribution in [-0.2, 0) is 9.53 Å². The molecule has 37 heavy (non-hydrogen) atoms. The number of methoxy groups -OCH3 is 1. The second-order valence-electron chi connectivity index (χ2n) is 8.33. The van der Waals surface area contributed by atoms with E-state index in [0.29, 0.717) is 26.4 Å². The van der Waals surface area contributed by atoms with Gasteiger partial charge in [-0.2, -0.15) is 0 Å². The zero-order valence-corrected chi connectivity index (χ0v) is 22.1. The third-order valence-corrected chi connectivity index (χ3v) is 7.72. The molecule has 0 radical (unpaired) electrons. The average molecular weight is 529 g/mol. The Morgan fingerprint density at radius 1 is 1.03 bits per heavy atom. The van der Waals surface area contributed by atoms with Crippen LogP contribution in [0.1, 0.15) is 24.1 Å². The zero-order chi connectivity index (χ0) is 25.9. The molecule has 0 amide bonds. The first-order valence-electron chi connectivity index (χ1n) is 11.6. The first-order chi connectivity index (χ1) is 18.0. The van der Waals surface area contributed by atoms with E-state index >= 15 is 0 Å². The second kappa shape index (κ2) is 10.6. The van der Waals surface area contributed by atoms with Crippen LogP contribution in [0.4, 0.5) is 0 Å². The number of aromatic nitrogens is 1. The summed E-state index contributed by atoms with van der Waals surface area (Å²) in [5, 5.41) is 0. The number of thioether (sulfide) groups is 1. The topological polar surface area (TPSA) is 69.9 Å². The van der Waals surface area contributed by atoms with Crippen LogP contribution < -0.4 is 19.6 Å². The molecule has 2 heterocycles. The molecule has 5 rings (SSSR count). The van der Waals surface area contributed by atoms with Crippen LogP contribution in [0.3, 0.4) is 0 Å². The second-order valence-corrected chi connectivity index (χ2v) is 10.2. The Bertz CT molecular complexity index is 1670. The maximum atomic E-state index is 13.7. The minimum Gasteiger partial charge on any atom is -0.466 e. The van der Waals surface area contributed by atoms with Gasteiger partial charge < -0.3 is 9.47 Å². The van der Waals surface area contributed by atoms with E-state index in [1.54, 1.807) is 23.3 Å². The summed E-state index contributed by atoms with van der Waals surface area (Å²) in [7, 11) is 1.34. The summed E-state index contributed by atoms with van der Waals surface area (Å²) >= 11 is 2.92. The number of rotatable bonds is 6. The molecular formula is C29H24N2O4S2. The van der Waals surface area contributed by atoms with Crippen molar-refractivity contribution in [1.29, 1.82) is 0 Å². The number of nitrogens with zero attached hydrogens (tertiary/aromatic N) is 2. The Balaban J connectivity index is 1.61. The highest BCUT2D eigenvalue weighted by Crippen LogP contribution is 2.31. The van der Waals surface area contributed by atoms with Crippen LogP contribution in [0, 0.1) is 0 Å². The number of hydrogen-bond acceptors (Lipinski definition) is 7. The Morgan fingerprint density at radius 2 is 1.76 bits per heavy atom. The zero-order valence-electron chi connectivity index (χ0n) is 20.5. The highest BCUT2D eigenvalue weighted by molar-refractivity contribution is 7.98. The lowest BCUT2D eigenvalue weighted by molar-refractivity contribution is -0.136. The Labute approximate surface area is 222 Å². The van der Waals surface area contributed by atoms with Crippen LogP contribution in [0.15, 0.2) is 105 Å². The molecule has 186 valence electrons. The Kier molecular flexibility index (Phi) is 7.12. The summed E-state index contributed by atoms with van der Waals surface area (Å²) in [5.74, 6) is 0.904. The molecule has 0 saturated carbocycles. The number of esters is 1. The summed E-state index contributed by atoms with van der Waals surface area (Å²) in [4.78, 5) is 32.8. The number of thiazole rings is 1. The maximum Gasteiger partial charge on any atom is 0.338 e. The minimum absolute atomic E-state index is 0.217. The van der Waals surface area contributed by atoms with E-state index < -0.39 is 12.0 Å². The molecule has 4 aromatic rings. The summed E-state index contributed by atoms with van der Waals surface area (Å²) in [6.07, 6.45) is 3.83. The number of para-hydroxylation sites is 1. The number of fused-ring (bicyclic) bond motifs is 1. The first kappa shape index (κ1) is 24.8. The minimum atomic E-state index is -0.630. The molecule has 1 atom stereocenters. The van der Waals surface area contributed by atoms with Gasteiger partial charge >= 0.3 is 5.97 Å². The van der Waals surface area contributed by atoms with E-state index in [9.17, 15) is 9.59 Å². The van der Waals surface area contributed by atoms with Gasteiger partial charge in [-0.3, -0.25) is 9.36 Å². The predicted octanol–water partition coefficient (Wildman–Crippen LogP) is 4.92. The molecule has 0 aliphatic carbocycles. The number of carbonyl (C=O) groups excluding carboxylic acids is 1. The highest BCUT2D eigenvalue weighted by atomic mass is 32.2. The molecule has 1 aromatic heterocycles. The lowest BCUT2D eigenvalue weighted by atomic mass is 9.96. The normalized spacial score (nSPS) is 15.2. The molecule has 1 aliphatic rings. The summed E-state index contributed by atoms with van der Waals surface area (Å²) in [6.45, 7) is 1.77. The third-order valence-electron chi connectivity index (χ3n) is 5.99. The van der Waals surface area contributed by atoms with Crippen LogP contribution >= 0.6 is 23.1 Å². The number of ether oxygens (including phenoxy) is 2. The lowest BCUT2D eigenvalue weighted by Gasteiger charge is -2.24. The molecule has 1 unspecified atom stereocenters. The van der Waals surface area contributed by atoms with Crippen molar-refractivity contribution in [1.82, 2.24) is 4.57 Å². The first-order valence-corrected chi connectivity index (χ1v) is 13.6. The molecule has 0 spiro atoms. The van der Waals surface area contributed by atoms with Crippen molar-refractivity contribution in [2.24, 2.45) is 4.99 Å². The quantitative estimate of drug-likeness (QED) is 0.262. The van der Waals surface area contributed by atoms with Gasteiger partial charge in [0.15, 0.2) is 4.80 Å². The van der Waals surface area contributed by atoms with Crippen LogP contribution in [-0.4, -0.2) is 23.9 Å². The van der Waals surface area contributed by atoms with Gasteiger partial charge in [0.1, 0.15) is 11.5 Å². The van der Waals surface area contributed by atoms with E-state index in [1.807, 2.05) is 91.2 Å². The number of allylic oxidation sites excluding steroid dienone is 1. The molecule has 0 saturated heterocycles. The molecule has 0 N–H and O–H groups in total. The van der Waals surface area contributed by atoms with Crippen molar-refractivity contribution in [3.05, 3.63) is 121 Å². The molecule has 8 heteroatoms. The van der Waals surface area contributed by atoms with Gasteiger partial charge in [0, 0.05) is 4.90 Å². The molecule has 1 aliphatic heterocycles. The molecule has 6 nitrogen and oxygen atoms in total. The van der Waals surface area contributed by atoms with E-state index in [2.05, 4.69) is 4.99 Å². The van der Waals surface area contributed by atoms with Gasteiger partial charge in [-0.15, -0.1) is 11.8 Å². The molecule has 3 aromatic carbocycles. The number of carbonyl (C=O) groups is 1. The van der Waals surface area contributed by atoms with Gasteiger partial charge in [0.25, 0.3) is 5.56 Å². The van der Waals surface area contributed by atoms with Crippen LogP contribution in [0.2, 0.25) is 0 Å². The molecule has 0 bridgehead atoms. The monoisotopic (exact) mass is 528 g/mol. The van der Waals surface area contributed by atoms with E-state index in [0.717, 1.165) is 21.8 Å². The van der Waals surface area contributed by atoms with Gasteiger partial charge in [0.05, 0.1) is 29.0 Å². The molecular weight excluding hydrogens is 504 g/mol. The van der Waals surface area contributed by atoms with Gasteiger partial charge in [-0.1, -0.05) is 53.8 Å². The number of benzene rings is 3. The van der Waals surface area contributed by atoms with Crippen molar-refractivity contribution < 1.29 is 14.3 Å². The fourth-order valence-corrected chi connectivity index (χ4v) is 5.69. The van der Waals surface area contributed by atoms with Crippen molar-refractivity contribution in [2.75, 3.05) is 13.4 Å². The summed E-state index contributed by atoms with van der Waals surface area (Å²) in [6, 6.07) is 24.3. The maximum absolute atomic E-state index is 13.7. The van der Waals surface area contributed by atoms with E-state index in [-0.39, 0.29) is 5.56 Å². The summed E-state index contributed by atoms with van der Waals surface area (Å²) in [5.41, 5.74) is 2.32. The van der Waals surface area contributed by atoms with Crippen LogP contribution in [0.25, 0.3) is 6.08 Å². The van der Waals surface area contributed by atoms with Crippen molar-refractivity contribution in [3.8, 4) is 11.5 Å². The average Bonchev–Trinajstić information content (AvgIpc) is 3.22. The van der Waals surface area contributed by atoms with E-state index in [4.69, 9.17) is 9.47 Å². The largest absolute Gasteiger partial charge is 0.466 e. The number of hydrogen-bond donors (Lipinski definition) is 0. The van der Waals surface area contributed by atoms with Gasteiger partial charge in [0.2, 0.25) is 0 Å². The Hall–Kier alpha value is -3.88. The lowest BCUT2D eigenvalue weighted by Crippen LogP contribution is -2.39. The SMILES string of the molecule is COC(=O)C1=C(C)N=c2sc(=Cc3cccc(Oc4ccccc4)c3)c(=O)n2C1c1ccc(SC)cc1. The fourth-order valence-electron chi connectivity index (χ4n) is 4.24. The van der Waals surface area contributed by atoms with Crippen molar-refractivity contribution >= 4 is 35.1 Å². The smallest absolute Gasteiger partial charge is 0.338 e. The van der Waals surface area contributed by atoms with E-state index in [1.165, 1.54) is 18.4 Å². The standard InChI is InChI=1S/C29H24N2O4S2/c1-18-25(28(33)34-2)26(20-12-14-23(36-3)15-13-20)31-27(32)24(37-29(31)30-18)17-19-8-7-11-22(16-19)35-21-9-5-4-6-10-21/h4-17,26H,1-3H3. The van der Waals surface area contributed by atoms with Gasteiger partial charge in [-0.05, 0) is 66.8 Å². The Morgan fingerprint density at radius 3 is 2.46 bits per heavy atom. The van der Waals surface area contributed by atoms with Gasteiger partial charge in [-0.25, -0.2) is 9.79 Å².